The molecule has 1 aromatic heterocycles. The van der Waals surface area contributed by atoms with Crippen LogP contribution in [0.1, 0.15) is 12.0 Å². The van der Waals surface area contributed by atoms with Crippen LogP contribution in [0.2, 0.25) is 0 Å². The molecule has 0 aliphatic carbocycles. The Labute approximate surface area is 124 Å². The highest BCUT2D eigenvalue weighted by Crippen LogP contribution is 2.22. The van der Waals surface area contributed by atoms with Gasteiger partial charge in [0.15, 0.2) is 12.2 Å². The van der Waals surface area contributed by atoms with Crippen LogP contribution in [0.5, 0.6) is 0 Å². The molecular weight excluding hydrogens is 260 g/mol. The summed E-state index contributed by atoms with van der Waals surface area (Å²) in [5.41, 5.74) is 3.53. The van der Waals surface area contributed by atoms with E-state index in [0.29, 0.717) is 0 Å². The van der Waals surface area contributed by atoms with Gasteiger partial charge in [0, 0.05) is 17.8 Å². The number of aromatic nitrogens is 1. The minimum Gasteiger partial charge on any atom is -0.444 e. The highest BCUT2D eigenvalue weighted by atomic mass is 16.3. The number of benzene rings is 2. The molecule has 0 amide bonds. The van der Waals surface area contributed by atoms with Crippen molar-refractivity contribution in [1.29, 1.82) is 0 Å². The highest BCUT2D eigenvalue weighted by molar-refractivity contribution is 5.63. The second kappa shape index (κ2) is 6.75. The van der Waals surface area contributed by atoms with Gasteiger partial charge in [0.25, 0.3) is 0 Å². The number of nitrogens with one attached hydrogen (secondary N) is 1. The summed E-state index contributed by atoms with van der Waals surface area (Å²) in [5.74, 6) is 0.794. The number of oxazole rings is 1. The van der Waals surface area contributed by atoms with Crippen molar-refractivity contribution in [2.75, 3.05) is 11.9 Å². The molecule has 106 valence electrons. The summed E-state index contributed by atoms with van der Waals surface area (Å²) >= 11 is 0. The van der Waals surface area contributed by atoms with Crippen molar-refractivity contribution in [1.82, 2.24) is 4.98 Å². The van der Waals surface area contributed by atoms with Crippen LogP contribution in [-0.2, 0) is 6.42 Å². The van der Waals surface area contributed by atoms with E-state index in [1.54, 1.807) is 6.20 Å². The summed E-state index contributed by atoms with van der Waals surface area (Å²) in [6.45, 7) is 0.953. The molecule has 0 unspecified atom stereocenters. The van der Waals surface area contributed by atoms with Gasteiger partial charge in [-0.1, -0.05) is 42.5 Å². The first kappa shape index (κ1) is 13.4. The lowest BCUT2D eigenvalue weighted by Crippen LogP contribution is -2.02. The first-order chi connectivity index (χ1) is 10.4. The number of aryl methyl sites for hydroxylation is 1. The molecule has 3 aromatic rings. The third kappa shape index (κ3) is 3.72. The van der Waals surface area contributed by atoms with Crippen molar-refractivity contribution in [3.8, 4) is 11.3 Å². The molecule has 3 rings (SSSR count). The van der Waals surface area contributed by atoms with Crippen LogP contribution in [0.15, 0.2) is 71.6 Å². The van der Waals surface area contributed by atoms with Crippen molar-refractivity contribution in [2.24, 2.45) is 0 Å². The summed E-state index contributed by atoms with van der Waals surface area (Å²) < 4.78 is 5.32. The maximum atomic E-state index is 5.32. The molecule has 3 heteroatoms. The lowest BCUT2D eigenvalue weighted by molar-refractivity contribution is 0.572. The van der Waals surface area contributed by atoms with Crippen LogP contribution in [0, 0.1) is 0 Å². The second-order valence-electron chi connectivity index (χ2n) is 4.96. The van der Waals surface area contributed by atoms with Crippen LogP contribution >= 0.6 is 0 Å². The van der Waals surface area contributed by atoms with Crippen molar-refractivity contribution < 1.29 is 4.42 Å². The molecule has 0 aliphatic rings. The molecule has 3 nitrogen and oxygen atoms in total. The molecule has 0 bridgehead atoms. The van der Waals surface area contributed by atoms with Gasteiger partial charge in [0.05, 0.1) is 6.20 Å². The van der Waals surface area contributed by atoms with Gasteiger partial charge in [-0.2, -0.15) is 0 Å². The topological polar surface area (TPSA) is 38.1 Å². The van der Waals surface area contributed by atoms with Crippen LogP contribution in [-0.4, -0.2) is 11.5 Å². The zero-order valence-electron chi connectivity index (χ0n) is 11.8. The first-order valence-electron chi connectivity index (χ1n) is 7.18. The predicted octanol–water partition coefficient (Wildman–Crippen LogP) is 4.39. The van der Waals surface area contributed by atoms with Gasteiger partial charge in [0.2, 0.25) is 0 Å². The Kier molecular flexibility index (Phi) is 4.32. The molecule has 0 aliphatic heterocycles. The minimum absolute atomic E-state index is 0.794. The standard InChI is InChI=1S/C18H18N2O/c1-2-6-15(7-3-1)8-5-11-20-17-10-4-9-16(12-17)18-13-19-14-21-18/h1-4,6-7,9-10,12-14,20H,5,8,11H2. The van der Waals surface area contributed by atoms with Crippen molar-refractivity contribution in [3.05, 3.63) is 72.8 Å². The maximum absolute atomic E-state index is 5.32. The van der Waals surface area contributed by atoms with Gasteiger partial charge >= 0.3 is 0 Å². The van der Waals surface area contributed by atoms with Crippen molar-refractivity contribution >= 4 is 5.69 Å². The van der Waals surface area contributed by atoms with Gasteiger partial charge in [-0.15, -0.1) is 0 Å². The number of hydrogen-bond donors (Lipinski definition) is 1. The Morgan fingerprint density at radius 3 is 2.71 bits per heavy atom. The molecule has 2 aromatic carbocycles. The average Bonchev–Trinajstić information content (AvgIpc) is 3.07. The highest BCUT2D eigenvalue weighted by Gasteiger charge is 2.02. The molecule has 1 heterocycles. The largest absolute Gasteiger partial charge is 0.444 e. The molecule has 1 N–H and O–H groups in total. The Morgan fingerprint density at radius 1 is 1.00 bits per heavy atom. The smallest absolute Gasteiger partial charge is 0.181 e. The lowest BCUT2D eigenvalue weighted by Gasteiger charge is -2.07. The number of hydrogen-bond acceptors (Lipinski definition) is 3. The fraction of sp³-hybridized carbons (Fsp3) is 0.167. The summed E-state index contributed by atoms with van der Waals surface area (Å²) in [5, 5.41) is 3.46. The van der Waals surface area contributed by atoms with Gasteiger partial charge < -0.3 is 9.73 Å². The Morgan fingerprint density at radius 2 is 1.90 bits per heavy atom. The van der Waals surface area contributed by atoms with Gasteiger partial charge in [-0.05, 0) is 30.5 Å². The van der Waals surface area contributed by atoms with E-state index in [-0.39, 0.29) is 0 Å². The molecule has 21 heavy (non-hydrogen) atoms. The quantitative estimate of drug-likeness (QED) is 0.680. The molecular formula is C18H18N2O. The van der Waals surface area contributed by atoms with Crippen LogP contribution in [0.4, 0.5) is 5.69 Å². The Balaban J connectivity index is 1.53. The van der Waals surface area contributed by atoms with Crippen molar-refractivity contribution in [3.63, 3.8) is 0 Å². The Bertz CT molecular complexity index is 663. The van der Waals surface area contributed by atoms with E-state index in [1.807, 2.05) is 12.1 Å². The number of nitrogens with zero attached hydrogens (tertiary/aromatic N) is 1. The van der Waals surface area contributed by atoms with E-state index in [4.69, 9.17) is 4.42 Å². The van der Waals surface area contributed by atoms with E-state index in [2.05, 4.69) is 52.8 Å². The number of anilines is 1. The fourth-order valence-electron chi connectivity index (χ4n) is 2.31. The average molecular weight is 278 g/mol. The fourth-order valence-corrected chi connectivity index (χ4v) is 2.31. The third-order valence-electron chi connectivity index (χ3n) is 3.39. The molecule has 0 saturated heterocycles. The van der Waals surface area contributed by atoms with E-state index < -0.39 is 0 Å². The molecule has 0 spiro atoms. The molecule has 0 radical (unpaired) electrons. The zero-order valence-corrected chi connectivity index (χ0v) is 11.8. The van der Waals surface area contributed by atoms with Crippen LogP contribution in [0.25, 0.3) is 11.3 Å². The second-order valence-corrected chi connectivity index (χ2v) is 4.96. The third-order valence-corrected chi connectivity index (χ3v) is 3.39. The summed E-state index contributed by atoms with van der Waals surface area (Å²) in [4.78, 5) is 3.95. The minimum atomic E-state index is 0.794. The van der Waals surface area contributed by atoms with Crippen molar-refractivity contribution in [2.45, 2.75) is 12.8 Å². The monoisotopic (exact) mass is 278 g/mol. The maximum Gasteiger partial charge on any atom is 0.181 e. The van der Waals surface area contributed by atoms with E-state index in [0.717, 1.165) is 36.4 Å². The van der Waals surface area contributed by atoms with Gasteiger partial charge in [-0.25, -0.2) is 4.98 Å². The predicted molar refractivity (Wildman–Crippen MR) is 85.2 cm³/mol. The Hall–Kier alpha value is -2.55. The summed E-state index contributed by atoms with van der Waals surface area (Å²) in [6, 6.07) is 18.8. The molecule has 0 atom stereocenters. The van der Waals surface area contributed by atoms with Gasteiger partial charge in [0.1, 0.15) is 0 Å². The lowest BCUT2D eigenvalue weighted by atomic mass is 10.1. The zero-order chi connectivity index (χ0) is 14.3. The molecule has 0 fully saturated rings. The molecule has 0 saturated carbocycles. The number of rotatable bonds is 6. The van der Waals surface area contributed by atoms with E-state index in [9.17, 15) is 0 Å². The normalized spacial score (nSPS) is 10.5. The SMILES string of the molecule is c1ccc(CCCNc2cccc(-c3cnco3)c2)cc1. The van der Waals surface area contributed by atoms with E-state index >= 15 is 0 Å². The van der Waals surface area contributed by atoms with Crippen LogP contribution in [0.3, 0.4) is 0 Å². The van der Waals surface area contributed by atoms with Gasteiger partial charge in [-0.3, -0.25) is 0 Å². The first-order valence-corrected chi connectivity index (χ1v) is 7.18. The summed E-state index contributed by atoms with van der Waals surface area (Å²) in [7, 11) is 0. The van der Waals surface area contributed by atoms with E-state index in [1.165, 1.54) is 12.0 Å². The summed E-state index contributed by atoms with van der Waals surface area (Å²) in [6.07, 6.45) is 5.38. The van der Waals surface area contributed by atoms with Crippen LogP contribution < -0.4 is 5.32 Å².